The second-order valence-electron chi connectivity index (χ2n) is 4.04. The van der Waals surface area contributed by atoms with Crippen LogP contribution in [0.25, 0.3) is 0 Å². The highest BCUT2D eigenvalue weighted by Gasteiger charge is 2.22. The first-order valence-corrected chi connectivity index (χ1v) is 6.94. The maximum Gasteiger partial charge on any atom is 0.255 e. The Morgan fingerprint density at radius 2 is 2.10 bits per heavy atom. The topological polar surface area (TPSA) is 93.5 Å². The Morgan fingerprint density at radius 3 is 2.65 bits per heavy atom. The van der Waals surface area contributed by atoms with Gasteiger partial charge in [-0.2, -0.15) is 0 Å². The quantitative estimate of drug-likeness (QED) is 0.738. The van der Waals surface area contributed by atoms with Gasteiger partial charge in [-0.25, -0.2) is 0 Å². The van der Waals surface area contributed by atoms with Crippen LogP contribution in [0.4, 0.5) is 5.69 Å². The van der Waals surface area contributed by atoms with Crippen LogP contribution in [0.3, 0.4) is 0 Å². The van der Waals surface area contributed by atoms with Gasteiger partial charge >= 0.3 is 0 Å². The first kappa shape index (κ1) is 16.6. The first-order valence-electron chi connectivity index (χ1n) is 5.78. The van der Waals surface area contributed by atoms with Crippen molar-refractivity contribution in [2.45, 2.75) is 6.04 Å². The van der Waals surface area contributed by atoms with Crippen molar-refractivity contribution < 1.29 is 14.3 Å². The number of anilines is 1. The molecular formula is C12H16ClN3O3S. The molecule has 6 nitrogen and oxygen atoms in total. The normalized spacial score (nSPS) is 17.1. The molecule has 1 unspecified atom stereocenters. The number of benzene rings is 1. The van der Waals surface area contributed by atoms with Crippen molar-refractivity contribution in [3.8, 4) is 5.75 Å². The van der Waals surface area contributed by atoms with E-state index in [9.17, 15) is 9.59 Å². The lowest BCUT2D eigenvalue weighted by molar-refractivity contribution is -0.120. The summed E-state index contributed by atoms with van der Waals surface area (Å²) in [5.74, 6) is 1.55. The molecule has 0 spiro atoms. The van der Waals surface area contributed by atoms with Gasteiger partial charge < -0.3 is 15.8 Å². The molecule has 1 heterocycles. The molecule has 1 aromatic carbocycles. The number of thioether (sulfide) groups is 1. The second kappa shape index (κ2) is 7.98. The van der Waals surface area contributed by atoms with Gasteiger partial charge in [-0.3, -0.25) is 14.9 Å². The lowest BCUT2D eigenvalue weighted by atomic mass is 10.2. The molecule has 0 saturated carbocycles. The van der Waals surface area contributed by atoms with E-state index in [4.69, 9.17) is 10.5 Å². The van der Waals surface area contributed by atoms with Crippen LogP contribution in [0.2, 0.25) is 0 Å². The third-order valence-electron chi connectivity index (χ3n) is 2.54. The van der Waals surface area contributed by atoms with Gasteiger partial charge in [0.1, 0.15) is 5.75 Å². The van der Waals surface area contributed by atoms with Gasteiger partial charge in [0.25, 0.3) is 5.91 Å². The van der Waals surface area contributed by atoms with E-state index in [0.29, 0.717) is 11.4 Å². The highest BCUT2D eigenvalue weighted by molar-refractivity contribution is 7.99. The molecule has 1 fully saturated rings. The van der Waals surface area contributed by atoms with Crippen molar-refractivity contribution >= 4 is 41.7 Å². The Balaban J connectivity index is 0.00000200. The maximum atomic E-state index is 11.8. The van der Waals surface area contributed by atoms with Crippen LogP contribution in [0, 0.1) is 0 Å². The number of amides is 2. The van der Waals surface area contributed by atoms with Gasteiger partial charge in [0.15, 0.2) is 6.61 Å². The number of hydrogen-bond donors (Lipinski definition) is 3. The van der Waals surface area contributed by atoms with Gasteiger partial charge in [-0.05, 0) is 24.3 Å². The number of primary amides is 1. The third-order valence-corrected chi connectivity index (χ3v) is 3.48. The molecule has 4 N–H and O–H groups in total. The fourth-order valence-electron chi connectivity index (χ4n) is 1.58. The average Bonchev–Trinajstić information content (AvgIpc) is 2.92. The van der Waals surface area contributed by atoms with Crippen molar-refractivity contribution in [3.63, 3.8) is 0 Å². The lowest BCUT2D eigenvalue weighted by Gasteiger charge is -2.11. The number of ether oxygens (including phenoxy) is 1. The van der Waals surface area contributed by atoms with Crippen LogP contribution in [-0.2, 0) is 9.59 Å². The zero-order chi connectivity index (χ0) is 13.7. The van der Waals surface area contributed by atoms with Gasteiger partial charge in [-0.15, -0.1) is 24.2 Å². The Labute approximate surface area is 127 Å². The van der Waals surface area contributed by atoms with E-state index in [1.54, 1.807) is 36.0 Å². The molecule has 2 rings (SSSR count). The third kappa shape index (κ3) is 4.92. The molecule has 110 valence electrons. The Morgan fingerprint density at radius 1 is 1.40 bits per heavy atom. The average molecular weight is 318 g/mol. The monoisotopic (exact) mass is 317 g/mol. The maximum absolute atomic E-state index is 11.8. The molecule has 1 aromatic rings. The minimum Gasteiger partial charge on any atom is -0.484 e. The van der Waals surface area contributed by atoms with E-state index in [0.717, 1.165) is 11.6 Å². The van der Waals surface area contributed by atoms with Crippen molar-refractivity contribution in [3.05, 3.63) is 24.3 Å². The molecule has 1 aliphatic rings. The highest BCUT2D eigenvalue weighted by atomic mass is 35.5. The number of rotatable bonds is 5. The van der Waals surface area contributed by atoms with E-state index in [-0.39, 0.29) is 31.0 Å². The van der Waals surface area contributed by atoms with E-state index < -0.39 is 5.91 Å². The predicted octanol–water partition coefficient (Wildman–Crippen LogP) is 0.573. The molecule has 20 heavy (non-hydrogen) atoms. The standard InChI is InChI=1S/C12H15N3O3S.ClH/c13-11(16)5-18-9-3-1-8(2-4-9)15-12(17)10-6-19-7-14-10;/h1-4,10,14H,5-7H2,(H2,13,16)(H,15,17);1H. The molecule has 0 radical (unpaired) electrons. The van der Waals surface area contributed by atoms with Gasteiger partial charge in [-0.1, -0.05) is 0 Å². The Kier molecular flexibility index (Phi) is 6.63. The molecule has 0 aromatic heterocycles. The van der Waals surface area contributed by atoms with Crippen LogP contribution < -0.4 is 21.1 Å². The molecule has 2 amide bonds. The minimum absolute atomic E-state index is 0. The fraction of sp³-hybridized carbons (Fsp3) is 0.333. The summed E-state index contributed by atoms with van der Waals surface area (Å²) in [6.45, 7) is -0.158. The molecule has 1 aliphatic heterocycles. The molecule has 1 saturated heterocycles. The van der Waals surface area contributed by atoms with Gasteiger partial charge in [0.05, 0.1) is 6.04 Å². The summed E-state index contributed by atoms with van der Waals surface area (Å²) in [5, 5.41) is 5.91. The summed E-state index contributed by atoms with van der Waals surface area (Å²) >= 11 is 1.70. The largest absolute Gasteiger partial charge is 0.484 e. The van der Waals surface area contributed by atoms with Crippen molar-refractivity contribution in [1.82, 2.24) is 5.32 Å². The second-order valence-corrected chi connectivity index (χ2v) is 5.07. The van der Waals surface area contributed by atoms with E-state index in [1.807, 2.05) is 0 Å². The Hall–Kier alpha value is -1.44. The van der Waals surface area contributed by atoms with Crippen LogP contribution in [0.5, 0.6) is 5.75 Å². The first-order chi connectivity index (χ1) is 9.15. The summed E-state index contributed by atoms with van der Waals surface area (Å²) in [7, 11) is 0. The molecule has 0 bridgehead atoms. The molecule has 8 heteroatoms. The number of halogens is 1. The number of nitrogens with one attached hydrogen (secondary N) is 2. The minimum atomic E-state index is -0.526. The number of nitrogens with two attached hydrogens (primary N) is 1. The summed E-state index contributed by atoms with van der Waals surface area (Å²) in [5.41, 5.74) is 5.67. The lowest BCUT2D eigenvalue weighted by Crippen LogP contribution is -2.37. The number of carbonyl (C=O) groups excluding carboxylic acids is 2. The van der Waals surface area contributed by atoms with Gasteiger partial charge in [0.2, 0.25) is 5.91 Å². The van der Waals surface area contributed by atoms with Crippen LogP contribution >= 0.6 is 24.2 Å². The summed E-state index contributed by atoms with van der Waals surface area (Å²) in [6.07, 6.45) is 0. The van der Waals surface area contributed by atoms with Crippen LogP contribution in [-0.4, -0.2) is 36.1 Å². The highest BCUT2D eigenvalue weighted by Crippen LogP contribution is 2.17. The van der Waals surface area contributed by atoms with Gasteiger partial charge in [0, 0.05) is 17.3 Å². The Bertz CT molecular complexity index is 464. The molecule has 1 atom stereocenters. The fourth-order valence-corrected chi connectivity index (χ4v) is 2.52. The number of carbonyl (C=O) groups is 2. The smallest absolute Gasteiger partial charge is 0.255 e. The summed E-state index contributed by atoms with van der Waals surface area (Å²) < 4.78 is 5.12. The SMILES string of the molecule is Cl.NC(=O)COc1ccc(NC(=O)C2CSCN2)cc1. The predicted molar refractivity (Wildman–Crippen MR) is 81.3 cm³/mol. The zero-order valence-corrected chi connectivity index (χ0v) is 12.3. The molecular weight excluding hydrogens is 302 g/mol. The summed E-state index contributed by atoms with van der Waals surface area (Å²) in [4.78, 5) is 22.4. The van der Waals surface area contributed by atoms with Crippen LogP contribution in [0.1, 0.15) is 0 Å². The zero-order valence-electron chi connectivity index (χ0n) is 10.6. The number of hydrogen-bond acceptors (Lipinski definition) is 5. The van der Waals surface area contributed by atoms with Crippen molar-refractivity contribution in [2.75, 3.05) is 23.6 Å². The molecule has 0 aliphatic carbocycles. The van der Waals surface area contributed by atoms with E-state index >= 15 is 0 Å². The van der Waals surface area contributed by atoms with E-state index in [2.05, 4.69) is 10.6 Å². The van der Waals surface area contributed by atoms with E-state index in [1.165, 1.54) is 0 Å². The summed E-state index contributed by atoms with van der Waals surface area (Å²) in [6, 6.07) is 6.65. The van der Waals surface area contributed by atoms with Crippen molar-refractivity contribution in [2.24, 2.45) is 5.73 Å². The van der Waals surface area contributed by atoms with Crippen molar-refractivity contribution in [1.29, 1.82) is 0 Å². The van der Waals surface area contributed by atoms with Crippen LogP contribution in [0.15, 0.2) is 24.3 Å².